The Hall–Kier alpha value is -2.23. The van der Waals surface area contributed by atoms with Gasteiger partial charge in [0.2, 0.25) is 5.88 Å². The van der Waals surface area contributed by atoms with Crippen LogP contribution < -0.4 is 4.74 Å². The van der Waals surface area contributed by atoms with Gasteiger partial charge in [0.05, 0.1) is 12.8 Å². The summed E-state index contributed by atoms with van der Waals surface area (Å²) in [6, 6.07) is 10.7. The van der Waals surface area contributed by atoms with Crippen LogP contribution in [0.5, 0.6) is 5.88 Å². The van der Waals surface area contributed by atoms with Crippen molar-refractivity contribution in [1.82, 2.24) is 10.2 Å². The highest BCUT2D eigenvalue weighted by Gasteiger charge is 2.00. The number of carbonyl (C=O) groups excluding carboxylic acids is 1. The summed E-state index contributed by atoms with van der Waals surface area (Å²) in [5, 5.41) is 7.89. The Bertz CT molecular complexity index is 477. The van der Waals surface area contributed by atoms with Gasteiger partial charge >= 0.3 is 0 Å². The fourth-order valence-electron chi connectivity index (χ4n) is 1.32. The van der Waals surface area contributed by atoms with Crippen molar-refractivity contribution < 1.29 is 9.53 Å². The topological polar surface area (TPSA) is 52.1 Å². The van der Waals surface area contributed by atoms with E-state index in [1.54, 1.807) is 25.3 Å². The molecule has 16 heavy (non-hydrogen) atoms. The molecule has 0 radical (unpaired) electrons. The zero-order valence-corrected chi connectivity index (χ0v) is 8.75. The molecule has 0 amide bonds. The molecule has 0 saturated heterocycles. The van der Waals surface area contributed by atoms with Gasteiger partial charge in [0.1, 0.15) is 6.29 Å². The van der Waals surface area contributed by atoms with Crippen LogP contribution in [0.25, 0.3) is 11.3 Å². The van der Waals surface area contributed by atoms with Gasteiger partial charge in [0, 0.05) is 17.2 Å². The van der Waals surface area contributed by atoms with Crippen molar-refractivity contribution in [2.24, 2.45) is 0 Å². The van der Waals surface area contributed by atoms with Gasteiger partial charge in [0.15, 0.2) is 0 Å². The van der Waals surface area contributed by atoms with Gasteiger partial charge in [-0.15, -0.1) is 10.2 Å². The molecule has 0 aliphatic heterocycles. The third kappa shape index (κ3) is 2.06. The number of carbonyl (C=O) groups is 1. The second-order valence-corrected chi connectivity index (χ2v) is 3.20. The van der Waals surface area contributed by atoms with E-state index >= 15 is 0 Å². The summed E-state index contributed by atoms with van der Waals surface area (Å²) in [6.45, 7) is 0. The average molecular weight is 214 g/mol. The van der Waals surface area contributed by atoms with E-state index in [1.807, 2.05) is 18.2 Å². The van der Waals surface area contributed by atoms with Crippen molar-refractivity contribution in [3.63, 3.8) is 0 Å². The van der Waals surface area contributed by atoms with Crippen LogP contribution in [-0.4, -0.2) is 23.6 Å². The van der Waals surface area contributed by atoms with Gasteiger partial charge < -0.3 is 4.74 Å². The summed E-state index contributed by atoms with van der Waals surface area (Å²) in [6.07, 6.45) is 0.809. The Morgan fingerprint density at radius 2 is 1.81 bits per heavy atom. The number of rotatable bonds is 3. The molecule has 4 heteroatoms. The number of methoxy groups -OCH3 is 1. The molecule has 80 valence electrons. The molecule has 0 spiro atoms. The lowest BCUT2D eigenvalue weighted by Crippen LogP contribution is -1.92. The fraction of sp³-hybridized carbons (Fsp3) is 0.0833. The Kier molecular flexibility index (Phi) is 2.91. The van der Waals surface area contributed by atoms with Gasteiger partial charge in [-0.1, -0.05) is 24.3 Å². The summed E-state index contributed by atoms with van der Waals surface area (Å²) >= 11 is 0. The van der Waals surface area contributed by atoms with Gasteiger partial charge in [-0.05, 0) is 6.07 Å². The third-order valence-electron chi connectivity index (χ3n) is 2.19. The molecule has 1 aromatic heterocycles. The number of aldehydes is 1. The van der Waals surface area contributed by atoms with Gasteiger partial charge in [-0.3, -0.25) is 4.79 Å². The van der Waals surface area contributed by atoms with Gasteiger partial charge in [-0.2, -0.15) is 0 Å². The molecule has 2 aromatic rings. The molecule has 0 saturated carbocycles. The first-order chi connectivity index (χ1) is 7.83. The molecule has 1 aromatic carbocycles. The number of aromatic nitrogens is 2. The maximum atomic E-state index is 10.5. The highest BCUT2D eigenvalue weighted by Crippen LogP contribution is 2.17. The van der Waals surface area contributed by atoms with Crippen LogP contribution in [0.3, 0.4) is 0 Å². The minimum atomic E-state index is 0.480. The summed E-state index contributed by atoms with van der Waals surface area (Å²) < 4.78 is 4.92. The molecule has 0 bridgehead atoms. The van der Waals surface area contributed by atoms with Crippen molar-refractivity contribution in [2.75, 3.05) is 7.11 Å². The van der Waals surface area contributed by atoms with Crippen LogP contribution in [0.2, 0.25) is 0 Å². The molecule has 0 aliphatic carbocycles. The standard InChI is InChI=1S/C12H10N2O2/c1-16-12-7-6-11(13-14-12)10-4-2-9(8-15)3-5-10/h2-8H,1H3. The minimum Gasteiger partial charge on any atom is -0.480 e. The first kappa shape index (κ1) is 10.3. The third-order valence-corrected chi connectivity index (χ3v) is 2.19. The molecule has 0 unspecified atom stereocenters. The SMILES string of the molecule is COc1ccc(-c2ccc(C=O)cc2)nn1. The predicted molar refractivity (Wildman–Crippen MR) is 59.4 cm³/mol. The number of nitrogens with zero attached hydrogens (tertiary/aromatic N) is 2. The predicted octanol–water partition coefficient (Wildman–Crippen LogP) is 1.96. The summed E-state index contributed by atoms with van der Waals surface area (Å²) in [5.41, 5.74) is 2.31. The van der Waals surface area contributed by atoms with Crippen LogP contribution in [-0.2, 0) is 0 Å². The second-order valence-electron chi connectivity index (χ2n) is 3.20. The van der Waals surface area contributed by atoms with E-state index in [9.17, 15) is 4.79 Å². The maximum absolute atomic E-state index is 10.5. The van der Waals surface area contributed by atoms with E-state index in [4.69, 9.17) is 4.74 Å². The van der Waals surface area contributed by atoms with Gasteiger partial charge in [0.25, 0.3) is 0 Å². The van der Waals surface area contributed by atoms with Crippen molar-refractivity contribution in [3.05, 3.63) is 42.0 Å². The van der Waals surface area contributed by atoms with Crippen LogP contribution in [0.4, 0.5) is 0 Å². The Morgan fingerprint density at radius 3 is 2.31 bits per heavy atom. The minimum absolute atomic E-state index is 0.480. The van der Waals surface area contributed by atoms with E-state index in [0.29, 0.717) is 11.4 Å². The number of hydrogen-bond donors (Lipinski definition) is 0. The largest absolute Gasteiger partial charge is 0.480 e. The molecule has 4 nitrogen and oxygen atoms in total. The molecule has 2 rings (SSSR count). The number of hydrogen-bond acceptors (Lipinski definition) is 4. The molecule has 0 aliphatic rings. The lowest BCUT2D eigenvalue weighted by Gasteiger charge is -2.01. The highest BCUT2D eigenvalue weighted by molar-refractivity contribution is 5.76. The lowest BCUT2D eigenvalue weighted by molar-refractivity contribution is 0.112. The van der Waals surface area contributed by atoms with Crippen molar-refractivity contribution in [3.8, 4) is 17.1 Å². The molecular weight excluding hydrogens is 204 g/mol. The van der Waals surface area contributed by atoms with E-state index in [-0.39, 0.29) is 0 Å². The first-order valence-corrected chi connectivity index (χ1v) is 4.77. The monoisotopic (exact) mass is 214 g/mol. The molecular formula is C12H10N2O2. The molecule has 1 heterocycles. The second kappa shape index (κ2) is 4.53. The Morgan fingerprint density at radius 1 is 1.06 bits per heavy atom. The molecule has 0 N–H and O–H groups in total. The zero-order valence-electron chi connectivity index (χ0n) is 8.75. The van der Waals surface area contributed by atoms with E-state index < -0.39 is 0 Å². The van der Waals surface area contributed by atoms with E-state index in [1.165, 1.54) is 0 Å². The van der Waals surface area contributed by atoms with Crippen LogP contribution in [0, 0.1) is 0 Å². The Labute approximate surface area is 92.9 Å². The maximum Gasteiger partial charge on any atom is 0.233 e. The van der Waals surface area contributed by atoms with E-state index in [0.717, 1.165) is 17.5 Å². The quantitative estimate of drug-likeness (QED) is 0.733. The summed E-state index contributed by atoms with van der Waals surface area (Å²) in [5.74, 6) is 0.480. The summed E-state index contributed by atoms with van der Waals surface area (Å²) in [7, 11) is 1.54. The van der Waals surface area contributed by atoms with Crippen LogP contribution in [0.15, 0.2) is 36.4 Å². The van der Waals surface area contributed by atoms with Crippen LogP contribution in [0.1, 0.15) is 10.4 Å². The zero-order chi connectivity index (χ0) is 11.4. The van der Waals surface area contributed by atoms with E-state index in [2.05, 4.69) is 10.2 Å². The lowest BCUT2D eigenvalue weighted by atomic mass is 10.1. The number of benzene rings is 1. The number of ether oxygens (including phenoxy) is 1. The van der Waals surface area contributed by atoms with Crippen LogP contribution >= 0.6 is 0 Å². The normalized spacial score (nSPS) is 9.81. The molecule has 0 fully saturated rings. The smallest absolute Gasteiger partial charge is 0.233 e. The van der Waals surface area contributed by atoms with Gasteiger partial charge in [-0.25, -0.2) is 0 Å². The fourth-order valence-corrected chi connectivity index (χ4v) is 1.32. The summed E-state index contributed by atoms with van der Waals surface area (Å²) in [4.78, 5) is 10.5. The average Bonchev–Trinajstić information content (AvgIpc) is 2.39. The van der Waals surface area contributed by atoms with Crippen molar-refractivity contribution >= 4 is 6.29 Å². The molecule has 0 atom stereocenters. The Balaban J connectivity index is 2.31. The first-order valence-electron chi connectivity index (χ1n) is 4.77. The highest BCUT2D eigenvalue weighted by atomic mass is 16.5. The van der Waals surface area contributed by atoms with Crippen molar-refractivity contribution in [2.45, 2.75) is 0 Å². The van der Waals surface area contributed by atoms with Crippen molar-refractivity contribution in [1.29, 1.82) is 0 Å².